The lowest BCUT2D eigenvalue weighted by Gasteiger charge is -2.07. The van der Waals surface area contributed by atoms with E-state index in [-0.39, 0.29) is 10.8 Å². The molecule has 0 radical (unpaired) electrons. The fourth-order valence-corrected chi connectivity index (χ4v) is 3.09. The van der Waals surface area contributed by atoms with Gasteiger partial charge in [-0.25, -0.2) is 0 Å². The van der Waals surface area contributed by atoms with Crippen LogP contribution in [0.2, 0.25) is 0 Å². The summed E-state index contributed by atoms with van der Waals surface area (Å²) < 4.78 is 62.7. The second kappa shape index (κ2) is 4.02. The van der Waals surface area contributed by atoms with Crippen LogP contribution in [0.5, 0.6) is 0 Å². The fraction of sp³-hybridized carbons (Fsp3) is 0. The quantitative estimate of drug-likeness (QED) is 0.807. The number of fused-ring (bicyclic) bond motifs is 1. The number of benzene rings is 2. The Kier molecular flexibility index (Phi) is 2.90. The van der Waals surface area contributed by atoms with Gasteiger partial charge in [0.05, 0.1) is 0 Å². The Morgan fingerprint density at radius 1 is 0.667 bits per heavy atom. The summed E-state index contributed by atoms with van der Waals surface area (Å²) in [5, 5.41) is 0.0465. The maximum absolute atomic E-state index is 11.2. The molecule has 0 aliphatic rings. The zero-order valence-corrected chi connectivity index (χ0v) is 10.4. The molecule has 0 aliphatic heterocycles. The van der Waals surface area contributed by atoms with Gasteiger partial charge in [0.2, 0.25) is 0 Å². The SMILES string of the molecule is O=S(=O)(O)c1ccc(S(=O)(=O)O)c2ccccc12. The van der Waals surface area contributed by atoms with Crippen molar-refractivity contribution in [3.8, 4) is 0 Å². The van der Waals surface area contributed by atoms with Crippen LogP contribution in [0.15, 0.2) is 46.2 Å². The first kappa shape index (κ1) is 13.0. The highest BCUT2D eigenvalue weighted by molar-refractivity contribution is 7.86. The summed E-state index contributed by atoms with van der Waals surface area (Å²) >= 11 is 0. The summed E-state index contributed by atoms with van der Waals surface area (Å²) in [4.78, 5) is -0.823. The Labute approximate surface area is 103 Å². The normalized spacial score (nSPS) is 12.8. The first-order valence-corrected chi connectivity index (χ1v) is 7.56. The van der Waals surface area contributed by atoms with Crippen molar-refractivity contribution in [1.29, 1.82) is 0 Å². The minimum Gasteiger partial charge on any atom is -0.282 e. The smallest absolute Gasteiger partial charge is 0.282 e. The van der Waals surface area contributed by atoms with Gasteiger partial charge in [0.1, 0.15) is 9.79 Å². The van der Waals surface area contributed by atoms with Crippen molar-refractivity contribution < 1.29 is 25.9 Å². The minimum atomic E-state index is -4.47. The van der Waals surface area contributed by atoms with Gasteiger partial charge in [-0.15, -0.1) is 0 Å². The van der Waals surface area contributed by atoms with E-state index in [1.807, 2.05) is 0 Å². The third-order valence-corrected chi connectivity index (χ3v) is 4.22. The van der Waals surface area contributed by atoms with Crippen LogP contribution < -0.4 is 0 Å². The molecule has 0 heterocycles. The highest BCUT2D eigenvalue weighted by Gasteiger charge is 2.20. The van der Waals surface area contributed by atoms with Gasteiger partial charge in [-0.05, 0) is 12.1 Å². The van der Waals surface area contributed by atoms with Gasteiger partial charge >= 0.3 is 0 Å². The molecule has 0 saturated heterocycles. The van der Waals surface area contributed by atoms with E-state index in [1.54, 1.807) is 0 Å². The molecule has 8 heteroatoms. The monoisotopic (exact) mass is 288 g/mol. The Morgan fingerprint density at radius 3 is 1.28 bits per heavy atom. The molecule has 0 bridgehead atoms. The molecular formula is C10H8O6S2. The van der Waals surface area contributed by atoms with E-state index >= 15 is 0 Å². The van der Waals surface area contributed by atoms with Crippen molar-refractivity contribution in [2.24, 2.45) is 0 Å². The zero-order chi connectivity index (χ0) is 13.6. The molecule has 0 atom stereocenters. The predicted octanol–water partition coefficient (Wildman–Crippen LogP) is 1.33. The number of rotatable bonds is 2. The molecule has 0 amide bonds. The average Bonchev–Trinajstić information content (AvgIpc) is 2.24. The van der Waals surface area contributed by atoms with Gasteiger partial charge < -0.3 is 0 Å². The molecule has 2 aromatic rings. The highest BCUT2D eigenvalue weighted by Crippen LogP contribution is 2.28. The van der Waals surface area contributed by atoms with Gasteiger partial charge in [-0.2, -0.15) is 16.8 Å². The van der Waals surface area contributed by atoms with Crippen LogP contribution in [0.25, 0.3) is 10.8 Å². The molecule has 0 saturated carbocycles. The van der Waals surface area contributed by atoms with Gasteiger partial charge in [-0.1, -0.05) is 24.3 Å². The predicted molar refractivity (Wildman–Crippen MR) is 63.6 cm³/mol. The summed E-state index contributed by atoms with van der Waals surface area (Å²) in [5.74, 6) is 0. The van der Waals surface area contributed by atoms with Gasteiger partial charge in [0.25, 0.3) is 20.2 Å². The van der Waals surface area contributed by atoms with E-state index in [4.69, 9.17) is 9.11 Å². The van der Waals surface area contributed by atoms with Crippen LogP contribution in [-0.2, 0) is 20.2 Å². The molecule has 6 nitrogen and oxygen atoms in total. The van der Waals surface area contributed by atoms with Gasteiger partial charge in [0.15, 0.2) is 0 Å². The van der Waals surface area contributed by atoms with E-state index in [1.165, 1.54) is 24.3 Å². The van der Waals surface area contributed by atoms with Crippen molar-refractivity contribution >= 4 is 31.0 Å². The van der Waals surface area contributed by atoms with Crippen molar-refractivity contribution in [3.63, 3.8) is 0 Å². The molecule has 2 aromatic carbocycles. The lowest BCUT2D eigenvalue weighted by Crippen LogP contribution is -2.03. The standard InChI is InChI=1S/C10H8O6S2/c11-17(12,13)9-5-6-10(18(14,15)16)8-4-2-1-3-7(8)9/h1-6H,(H,11,12,13)(H,14,15,16). The van der Waals surface area contributed by atoms with E-state index in [9.17, 15) is 16.8 Å². The summed E-state index contributed by atoms with van der Waals surface area (Å²) in [6.45, 7) is 0. The summed E-state index contributed by atoms with van der Waals surface area (Å²) in [6.07, 6.45) is 0. The second-order valence-corrected chi connectivity index (χ2v) is 6.34. The molecule has 18 heavy (non-hydrogen) atoms. The van der Waals surface area contributed by atoms with E-state index in [0.29, 0.717) is 0 Å². The minimum absolute atomic E-state index is 0.0233. The molecule has 0 unspecified atom stereocenters. The van der Waals surface area contributed by atoms with Crippen LogP contribution in [0.1, 0.15) is 0 Å². The Balaban J connectivity index is 3.01. The number of hydrogen-bond acceptors (Lipinski definition) is 4. The molecule has 2 rings (SSSR count). The Hall–Kier alpha value is -1.48. The third kappa shape index (κ3) is 2.23. The molecule has 0 aromatic heterocycles. The zero-order valence-electron chi connectivity index (χ0n) is 8.81. The molecule has 2 N–H and O–H groups in total. The van der Waals surface area contributed by atoms with Crippen molar-refractivity contribution in [2.45, 2.75) is 9.79 Å². The molecule has 0 spiro atoms. The molecule has 0 fully saturated rings. The third-order valence-electron chi connectivity index (χ3n) is 2.40. The van der Waals surface area contributed by atoms with Gasteiger partial charge in [0, 0.05) is 10.8 Å². The highest BCUT2D eigenvalue weighted by atomic mass is 32.2. The van der Waals surface area contributed by atoms with Gasteiger partial charge in [-0.3, -0.25) is 9.11 Å². The van der Waals surface area contributed by atoms with Crippen LogP contribution in [0.3, 0.4) is 0 Å². The van der Waals surface area contributed by atoms with E-state index < -0.39 is 30.0 Å². The lowest BCUT2D eigenvalue weighted by molar-refractivity contribution is 0.480. The van der Waals surface area contributed by atoms with Crippen molar-refractivity contribution in [1.82, 2.24) is 0 Å². The molecular weight excluding hydrogens is 280 g/mol. The molecule has 96 valence electrons. The van der Waals surface area contributed by atoms with Crippen LogP contribution >= 0.6 is 0 Å². The Bertz CT molecular complexity index is 750. The summed E-state index contributed by atoms with van der Waals surface area (Å²) in [6, 6.07) is 7.53. The van der Waals surface area contributed by atoms with Crippen molar-refractivity contribution in [2.75, 3.05) is 0 Å². The van der Waals surface area contributed by atoms with E-state index in [2.05, 4.69) is 0 Å². The van der Waals surface area contributed by atoms with Crippen LogP contribution in [0, 0.1) is 0 Å². The fourth-order valence-electron chi connectivity index (χ4n) is 1.69. The second-order valence-electron chi connectivity index (χ2n) is 3.56. The average molecular weight is 288 g/mol. The van der Waals surface area contributed by atoms with Crippen LogP contribution in [-0.4, -0.2) is 25.9 Å². The first-order chi connectivity index (χ1) is 8.21. The van der Waals surface area contributed by atoms with E-state index in [0.717, 1.165) is 12.1 Å². The van der Waals surface area contributed by atoms with Crippen LogP contribution in [0.4, 0.5) is 0 Å². The maximum Gasteiger partial charge on any atom is 0.295 e. The van der Waals surface area contributed by atoms with Crippen molar-refractivity contribution in [3.05, 3.63) is 36.4 Å². The first-order valence-electron chi connectivity index (χ1n) is 4.68. The maximum atomic E-state index is 11.2. The lowest BCUT2D eigenvalue weighted by atomic mass is 10.1. The Morgan fingerprint density at radius 2 is 1.00 bits per heavy atom. The topological polar surface area (TPSA) is 109 Å². The summed E-state index contributed by atoms with van der Waals surface area (Å²) in [7, 11) is -8.94. The largest absolute Gasteiger partial charge is 0.295 e. The molecule has 0 aliphatic carbocycles. The summed E-state index contributed by atoms with van der Waals surface area (Å²) in [5.41, 5.74) is 0. The number of hydrogen-bond donors (Lipinski definition) is 2.